The lowest BCUT2D eigenvalue weighted by atomic mass is 10.1. The molecule has 2 N–H and O–H groups in total. The number of nitrogens with zero attached hydrogens (tertiary/aromatic N) is 2. The first-order valence-corrected chi connectivity index (χ1v) is 8.88. The van der Waals surface area contributed by atoms with Gasteiger partial charge in [-0.25, -0.2) is 4.98 Å². The van der Waals surface area contributed by atoms with Gasteiger partial charge in [-0.05, 0) is 24.3 Å². The largest absolute Gasteiger partial charge is 0.507 e. The molecule has 4 rings (SSSR count). The third-order valence-electron chi connectivity index (χ3n) is 4.17. The number of ether oxygens (including phenoxy) is 2. The van der Waals surface area contributed by atoms with Crippen LogP contribution in [0.2, 0.25) is 0 Å². The Kier molecular flexibility index (Phi) is 4.88. The van der Waals surface area contributed by atoms with Crippen LogP contribution in [0.5, 0.6) is 11.5 Å². The molecule has 1 aliphatic heterocycles. The van der Waals surface area contributed by atoms with Gasteiger partial charge in [0.1, 0.15) is 5.82 Å². The number of hydrogen-bond acceptors (Lipinski definition) is 6. The molecule has 0 bridgehead atoms. The molecule has 1 aliphatic rings. The highest BCUT2D eigenvalue weighted by atomic mass is 19.3. The second-order valence-electron chi connectivity index (χ2n) is 6.57. The first-order valence-electron chi connectivity index (χ1n) is 8.88. The molecule has 0 saturated heterocycles. The van der Waals surface area contributed by atoms with Gasteiger partial charge in [-0.3, -0.25) is 9.78 Å². The summed E-state index contributed by atoms with van der Waals surface area (Å²) in [7, 11) is 0. The molecule has 3 aromatic rings. The molecular weight excluding hydrogens is 420 g/mol. The maximum atomic E-state index is 13.4. The molecular formula is C20H14F4N4O3. The lowest BCUT2D eigenvalue weighted by Crippen LogP contribution is -2.52. The van der Waals surface area contributed by atoms with Gasteiger partial charge in [0.05, 0.1) is 18.1 Å². The van der Waals surface area contributed by atoms with E-state index in [4.69, 9.17) is 0 Å². The van der Waals surface area contributed by atoms with Gasteiger partial charge in [0.15, 0.2) is 11.5 Å². The number of carbonyl (C=O) groups excluding carboxylic acids is 1. The molecule has 160 valence electrons. The van der Waals surface area contributed by atoms with Crippen LogP contribution in [0.15, 0.2) is 54.9 Å². The number of alkyl halides is 4. The summed E-state index contributed by atoms with van der Waals surface area (Å²) >= 11 is 0. The zero-order chi connectivity index (χ0) is 22.2. The van der Waals surface area contributed by atoms with Crippen LogP contribution in [0, 0.1) is 0 Å². The van der Waals surface area contributed by atoms with E-state index in [1.54, 1.807) is 24.3 Å². The quantitative estimate of drug-likeness (QED) is 0.574. The van der Waals surface area contributed by atoms with Gasteiger partial charge in [0, 0.05) is 29.9 Å². The Hall–Kier alpha value is -3.89. The first kappa shape index (κ1) is 20.4. The maximum Gasteiger partial charge on any atom is 0.507 e. The van der Waals surface area contributed by atoms with Crippen molar-refractivity contribution in [2.45, 2.75) is 19.1 Å². The van der Waals surface area contributed by atoms with Crippen LogP contribution in [-0.4, -0.2) is 28.1 Å². The number of fused-ring (bicyclic) bond motifs is 1. The summed E-state index contributed by atoms with van der Waals surface area (Å²) in [5, 5.41) is 5.50. The Morgan fingerprint density at radius 1 is 0.903 bits per heavy atom. The molecule has 0 spiro atoms. The van der Waals surface area contributed by atoms with E-state index in [0.29, 0.717) is 16.9 Å². The fourth-order valence-corrected chi connectivity index (χ4v) is 2.79. The van der Waals surface area contributed by atoms with Crippen molar-refractivity contribution < 1.29 is 31.8 Å². The monoisotopic (exact) mass is 434 g/mol. The number of halogens is 4. The number of aromatic nitrogens is 2. The minimum atomic E-state index is -4.80. The van der Waals surface area contributed by atoms with Crippen LogP contribution in [0.25, 0.3) is 11.3 Å². The fraction of sp³-hybridized carbons (Fsp3) is 0.150. The van der Waals surface area contributed by atoms with Crippen LogP contribution in [0.4, 0.5) is 34.8 Å². The number of hydrogen-bond donors (Lipinski definition) is 2. The molecule has 2 aromatic carbocycles. The highest BCUT2D eigenvalue weighted by Crippen LogP contribution is 2.47. The summed E-state index contributed by atoms with van der Waals surface area (Å²) < 4.78 is 61.5. The highest BCUT2D eigenvalue weighted by molar-refractivity contribution is 5.88. The summed E-state index contributed by atoms with van der Waals surface area (Å²) in [6.07, 6.45) is -6.66. The summed E-state index contributed by atoms with van der Waals surface area (Å²) in [6, 6.07) is 10.4. The molecule has 0 aliphatic carbocycles. The van der Waals surface area contributed by atoms with E-state index in [9.17, 15) is 22.4 Å². The molecule has 0 saturated carbocycles. The Balaban J connectivity index is 1.54. The zero-order valence-electron chi connectivity index (χ0n) is 15.8. The van der Waals surface area contributed by atoms with Crippen molar-refractivity contribution in [2.24, 2.45) is 0 Å². The summed E-state index contributed by atoms with van der Waals surface area (Å²) in [4.78, 5) is 19.6. The first-order chi connectivity index (χ1) is 14.6. The predicted molar refractivity (Wildman–Crippen MR) is 103 cm³/mol. The van der Waals surface area contributed by atoms with Gasteiger partial charge < -0.3 is 20.1 Å². The lowest BCUT2D eigenvalue weighted by molar-refractivity contribution is -0.391. The third-order valence-corrected chi connectivity index (χ3v) is 4.17. The fourth-order valence-electron chi connectivity index (χ4n) is 2.79. The SMILES string of the molecule is CC(=O)Nc1ccc(-c2cncc(Nc3ccc4c(c3)OC(F)(F)C(F)(F)O4)n2)cc1. The minimum Gasteiger partial charge on any atom is -0.421 e. The number of anilines is 3. The van der Waals surface area contributed by atoms with Crippen LogP contribution in [0.1, 0.15) is 6.92 Å². The zero-order valence-corrected chi connectivity index (χ0v) is 15.8. The molecule has 7 nitrogen and oxygen atoms in total. The second kappa shape index (κ2) is 7.42. The standard InChI is InChI=1S/C20H14F4N4O3/c1-11(29)26-13-4-2-12(3-5-13)15-9-25-10-18(28-15)27-14-6-7-16-17(8-14)31-20(23,24)19(21,22)30-16/h2-10H,1H3,(H,26,29)(H,27,28). The third kappa shape index (κ3) is 4.20. The maximum absolute atomic E-state index is 13.4. The van der Waals surface area contributed by atoms with Gasteiger partial charge >= 0.3 is 12.2 Å². The highest BCUT2D eigenvalue weighted by Gasteiger charge is 2.65. The smallest absolute Gasteiger partial charge is 0.421 e. The number of carbonyl (C=O) groups is 1. The molecule has 0 unspecified atom stereocenters. The molecule has 0 radical (unpaired) electrons. The van der Waals surface area contributed by atoms with Crippen molar-refractivity contribution in [1.29, 1.82) is 0 Å². The molecule has 31 heavy (non-hydrogen) atoms. The van der Waals surface area contributed by atoms with Gasteiger partial charge in [0.2, 0.25) is 5.91 Å². The molecule has 0 atom stereocenters. The topological polar surface area (TPSA) is 85.4 Å². The molecule has 11 heteroatoms. The Morgan fingerprint density at radius 2 is 1.55 bits per heavy atom. The number of amides is 1. The van der Waals surface area contributed by atoms with Crippen LogP contribution >= 0.6 is 0 Å². The predicted octanol–water partition coefficient (Wildman–Crippen LogP) is 4.80. The van der Waals surface area contributed by atoms with Crippen molar-refractivity contribution >= 4 is 23.1 Å². The van der Waals surface area contributed by atoms with Gasteiger partial charge in [0.25, 0.3) is 0 Å². The van der Waals surface area contributed by atoms with E-state index in [1.807, 2.05) is 0 Å². The summed E-state index contributed by atoms with van der Waals surface area (Å²) in [5.41, 5.74) is 2.09. The van der Waals surface area contributed by atoms with Crippen molar-refractivity contribution in [1.82, 2.24) is 9.97 Å². The Morgan fingerprint density at radius 3 is 2.23 bits per heavy atom. The number of nitrogens with one attached hydrogen (secondary N) is 2. The minimum absolute atomic E-state index is 0.195. The Labute approximate surface area is 173 Å². The summed E-state index contributed by atoms with van der Waals surface area (Å²) in [5.74, 6) is -0.976. The average molecular weight is 434 g/mol. The van der Waals surface area contributed by atoms with Crippen molar-refractivity contribution in [3.63, 3.8) is 0 Å². The lowest BCUT2D eigenvalue weighted by Gasteiger charge is -2.31. The van der Waals surface area contributed by atoms with Gasteiger partial charge in [-0.15, -0.1) is 0 Å². The number of rotatable bonds is 4. The van der Waals surface area contributed by atoms with Crippen molar-refractivity contribution in [2.75, 3.05) is 10.6 Å². The van der Waals surface area contributed by atoms with Crippen molar-refractivity contribution in [3.05, 3.63) is 54.9 Å². The molecule has 1 amide bonds. The van der Waals surface area contributed by atoms with Gasteiger partial charge in [-0.2, -0.15) is 17.6 Å². The average Bonchev–Trinajstić information content (AvgIpc) is 2.69. The van der Waals surface area contributed by atoms with Crippen LogP contribution < -0.4 is 20.1 Å². The number of benzene rings is 2. The van der Waals surface area contributed by atoms with E-state index in [-0.39, 0.29) is 17.4 Å². The van der Waals surface area contributed by atoms with E-state index in [1.165, 1.54) is 25.4 Å². The Bertz CT molecular complexity index is 1140. The second-order valence-corrected chi connectivity index (χ2v) is 6.57. The molecule has 2 heterocycles. The van der Waals surface area contributed by atoms with E-state index in [0.717, 1.165) is 12.1 Å². The van der Waals surface area contributed by atoms with E-state index in [2.05, 4.69) is 30.1 Å². The van der Waals surface area contributed by atoms with E-state index >= 15 is 0 Å². The molecule has 0 fully saturated rings. The molecule has 1 aromatic heterocycles. The van der Waals surface area contributed by atoms with Gasteiger partial charge in [-0.1, -0.05) is 12.1 Å². The van der Waals surface area contributed by atoms with Crippen LogP contribution in [0.3, 0.4) is 0 Å². The van der Waals surface area contributed by atoms with Crippen molar-refractivity contribution in [3.8, 4) is 22.8 Å². The van der Waals surface area contributed by atoms with Crippen LogP contribution in [-0.2, 0) is 4.79 Å². The normalized spacial score (nSPS) is 15.8. The van der Waals surface area contributed by atoms with E-state index < -0.39 is 23.7 Å². The summed E-state index contributed by atoms with van der Waals surface area (Å²) in [6.45, 7) is 1.40.